The first-order valence-corrected chi connectivity index (χ1v) is 6.03. The van der Waals surface area contributed by atoms with E-state index in [2.05, 4.69) is 5.32 Å². The highest BCUT2D eigenvalue weighted by Crippen LogP contribution is 2.32. The van der Waals surface area contributed by atoms with Crippen molar-refractivity contribution < 1.29 is 9.53 Å². The van der Waals surface area contributed by atoms with Gasteiger partial charge in [0.15, 0.2) is 0 Å². The van der Waals surface area contributed by atoms with E-state index < -0.39 is 0 Å². The van der Waals surface area contributed by atoms with Crippen LogP contribution in [0.3, 0.4) is 0 Å². The van der Waals surface area contributed by atoms with E-state index in [0.717, 1.165) is 24.4 Å². The SMILES string of the molecule is COC(=O)C(c1cccs1)C1CCNC1. The number of nitrogens with one attached hydrogen (secondary N) is 1. The molecule has 1 aliphatic heterocycles. The van der Waals surface area contributed by atoms with E-state index in [0.29, 0.717) is 5.92 Å². The molecule has 15 heavy (non-hydrogen) atoms. The lowest BCUT2D eigenvalue weighted by molar-refractivity contribution is -0.143. The number of methoxy groups -OCH3 is 1. The number of carbonyl (C=O) groups is 1. The van der Waals surface area contributed by atoms with Gasteiger partial charge in [0.2, 0.25) is 0 Å². The van der Waals surface area contributed by atoms with Crippen molar-refractivity contribution in [3.05, 3.63) is 22.4 Å². The molecule has 0 amide bonds. The molecule has 0 bridgehead atoms. The Morgan fingerprint density at radius 2 is 2.60 bits per heavy atom. The van der Waals surface area contributed by atoms with E-state index in [4.69, 9.17) is 4.74 Å². The van der Waals surface area contributed by atoms with Crippen LogP contribution in [-0.2, 0) is 9.53 Å². The van der Waals surface area contributed by atoms with E-state index >= 15 is 0 Å². The summed E-state index contributed by atoms with van der Waals surface area (Å²) < 4.78 is 4.89. The summed E-state index contributed by atoms with van der Waals surface area (Å²) in [6, 6.07) is 4.00. The van der Waals surface area contributed by atoms with Gasteiger partial charge >= 0.3 is 5.97 Å². The highest BCUT2D eigenvalue weighted by Gasteiger charge is 2.33. The van der Waals surface area contributed by atoms with Gasteiger partial charge in [-0.1, -0.05) is 6.07 Å². The van der Waals surface area contributed by atoms with E-state index in [-0.39, 0.29) is 11.9 Å². The largest absolute Gasteiger partial charge is 0.469 e. The molecular weight excluding hydrogens is 210 g/mol. The third-order valence-electron chi connectivity index (χ3n) is 2.87. The Labute approximate surface area is 93.4 Å². The van der Waals surface area contributed by atoms with E-state index in [1.165, 1.54) is 7.11 Å². The number of rotatable bonds is 3. The van der Waals surface area contributed by atoms with Crippen molar-refractivity contribution in [1.82, 2.24) is 5.32 Å². The molecule has 1 aliphatic rings. The maximum atomic E-state index is 11.8. The predicted octanol–water partition coefficient (Wildman–Crippen LogP) is 1.61. The van der Waals surface area contributed by atoms with Crippen LogP contribution < -0.4 is 5.32 Å². The van der Waals surface area contributed by atoms with Crippen molar-refractivity contribution in [2.45, 2.75) is 12.3 Å². The predicted molar refractivity (Wildman–Crippen MR) is 60.1 cm³/mol. The molecule has 1 aromatic heterocycles. The lowest BCUT2D eigenvalue weighted by Crippen LogP contribution is -2.24. The van der Waals surface area contributed by atoms with Crippen LogP contribution in [0.15, 0.2) is 17.5 Å². The Hall–Kier alpha value is -0.870. The molecule has 1 saturated heterocycles. The van der Waals surface area contributed by atoms with Crippen LogP contribution in [0.1, 0.15) is 17.2 Å². The topological polar surface area (TPSA) is 38.3 Å². The zero-order valence-corrected chi connectivity index (χ0v) is 9.55. The van der Waals surface area contributed by atoms with Crippen LogP contribution in [0.4, 0.5) is 0 Å². The molecule has 2 atom stereocenters. The molecule has 1 N–H and O–H groups in total. The molecule has 2 rings (SSSR count). The quantitative estimate of drug-likeness (QED) is 0.794. The molecule has 1 fully saturated rings. The number of esters is 1. The van der Waals surface area contributed by atoms with Gasteiger partial charge < -0.3 is 10.1 Å². The van der Waals surface area contributed by atoms with Crippen molar-refractivity contribution >= 4 is 17.3 Å². The van der Waals surface area contributed by atoms with Gasteiger partial charge in [-0.15, -0.1) is 11.3 Å². The van der Waals surface area contributed by atoms with Crippen molar-refractivity contribution in [2.24, 2.45) is 5.92 Å². The molecule has 0 spiro atoms. The third-order valence-corrected chi connectivity index (χ3v) is 3.83. The fourth-order valence-corrected chi connectivity index (χ4v) is 3.00. The highest BCUT2D eigenvalue weighted by molar-refractivity contribution is 7.10. The second-order valence-corrected chi connectivity index (χ2v) is 4.75. The summed E-state index contributed by atoms with van der Waals surface area (Å²) in [7, 11) is 1.46. The van der Waals surface area contributed by atoms with Gasteiger partial charge in [0, 0.05) is 4.88 Å². The average Bonchev–Trinajstić information content (AvgIpc) is 2.90. The van der Waals surface area contributed by atoms with E-state index in [1.54, 1.807) is 11.3 Å². The fourth-order valence-electron chi connectivity index (χ4n) is 2.10. The van der Waals surface area contributed by atoms with Crippen LogP contribution in [0.2, 0.25) is 0 Å². The zero-order chi connectivity index (χ0) is 10.7. The maximum absolute atomic E-state index is 11.8. The summed E-state index contributed by atoms with van der Waals surface area (Å²) in [6.45, 7) is 1.92. The molecule has 82 valence electrons. The van der Waals surface area contributed by atoms with Gasteiger partial charge in [-0.25, -0.2) is 0 Å². The Balaban J connectivity index is 2.19. The molecule has 2 unspecified atom stereocenters. The molecular formula is C11H15NO2S. The maximum Gasteiger partial charge on any atom is 0.314 e. The Kier molecular flexibility index (Phi) is 3.38. The zero-order valence-electron chi connectivity index (χ0n) is 8.73. The normalized spacial score (nSPS) is 22.6. The summed E-state index contributed by atoms with van der Waals surface area (Å²) in [5.41, 5.74) is 0. The van der Waals surface area contributed by atoms with Crippen LogP contribution in [0.5, 0.6) is 0 Å². The summed E-state index contributed by atoms with van der Waals surface area (Å²) in [5, 5.41) is 5.30. The molecule has 3 nitrogen and oxygen atoms in total. The molecule has 0 radical (unpaired) electrons. The number of hydrogen-bond donors (Lipinski definition) is 1. The van der Waals surface area contributed by atoms with Crippen molar-refractivity contribution in [3.8, 4) is 0 Å². The minimum Gasteiger partial charge on any atom is -0.469 e. The lowest BCUT2D eigenvalue weighted by Gasteiger charge is -2.18. The Morgan fingerprint density at radius 3 is 3.13 bits per heavy atom. The minimum atomic E-state index is -0.105. The number of carbonyl (C=O) groups excluding carboxylic acids is 1. The Morgan fingerprint density at radius 1 is 1.73 bits per heavy atom. The van der Waals surface area contributed by atoms with Crippen molar-refractivity contribution in [1.29, 1.82) is 0 Å². The minimum absolute atomic E-state index is 0.0787. The standard InChI is InChI=1S/C11H15NO2S/c1-14-11(13)10(8-4-5-12-7-8)9-3-2-6-15-9/h2-3,6,8,10,12H,4-5,7H2,1H3. The second-order valence-electron chi connectivity index (χ2n) is 3.77. The molecule has 0 aromatic carbocycles. The van der Waals surface area contributed by atoms with Gasteiger partial charge in [0.25, 0.3) is 0 Å². The molecule has 4 heteroatoms. The van der Waals surface area contributed by atoms with Crippen LogP contribution in [-0.4, -0.2) is 26.2 Å². The molecule has 1 aromatic rings. The molecule has 0 aliphatic carbocycles. The van der Waals surface area contributed by atoms with E-state index in [9.17, 15) is 4.79 Å². The first-order chi connectivity index (χ1) is 7.33. The number of thiophene rings is 1. The van der Waals surface area contributed by atoms with Crippen molar-refractivity contribution in [2.75, 3.05) is 20.2 Å². The van der Waals surface area contributed by atoms with Gasteiger partial charge in [0.05, 0.1) is 13.0 Å². The highest BCUT2D eigenvalue weighted by atomic mass is 32.1. The summed E-state index contributed by atoms with van der Waals surface area (Å²) in [4.78, 5) is 12.9. The fraction of sp³-hybridized carbons (Fsp3) is 0.545. The van der Waals surface area contributed by atoms with E-state index in [1.807, 2.05) is 17.5 Å². The average molecular weight is 225 g/mol. The van der Waals surface area contributed by atoms with Gasteiger partial charge in [-0.3, -0.25) is 4.79 Å². The summed E-state index contributed by atoms with van der Waals surface area (Å²) >= 11 is 1.63. The van der Waals surface area contributed by atoms with Crippen LogP contribution in [0, 0.1) is 5.92 Å². The first kappa shape index (κ1) is 10.6. The monoisotopic (exact) mass is 225 g/mol. The second kappa shape index (κ2) is 4.77. The summed E-state index contributed by atoms with van der Waals surface area (Å²) in [6.07, 6.45) is 1.05. The van der Waals surface area contributed by atoms with Crippen LogP contribution >= 0.6 is 11.3 Å². The lowest BCUT2D eigenvalue weighted by atomic mass is 9.90. The number of ether oxygens (including phenoxy) is 1. The number of hydrogen-bond acceptors (Lipinski definition) is 4. The Bertz CT molecular complexity index is 317. The molecule has 2 heterocycles. The van der Waals surface area contributed by atoms with Gasteiger partial charge in [-0.2, -0.15) is 0 Å². The van der Waals surface area contributed by atoms with Crippen LogP contribution in [0.25, 0.3) is 0 Å². The van der Waals surface area contributed by atoms with Crippen molar-refractivity contribution in [3.63, 3.8) is 0 Å². The molecule has 0 saturated carbocycles. The summed E-state index contributed by atoms with van der Waals surface area (Å²) in [5.74, 6) is 0.201. The third kappa shape index (κ3) is 2.21. The van der Waals surface area contributed by atoms with Gasteiger partial charge in [0.1, 0.15) is 0 Å². The smallest absolute Gasteiger partial charge is 0.314 e. The van der Waals surface area contributed by atoms with Gasteiger partial charge in [-0.05, 0) is 36.9 Å². The first-order valence-electron chi connectivity index (χ1n) is 5.15.